The molecule has 6 rings (SSSR count). The third kappa shape index (κ3) is 3.89. The van der Waals surface area contributed by atoms with Gasteiger partial charge in [-0.1, -0.05) is 12.1 Å². The van der Waals surface area contributed by atoms with E-state index in [1.807, 2.05) is 4.57 Å². The molecule has 0 saturated carbocycles. The highest BCUT2D eigenvalue weighted by Gasteiger charge is 2.35. The van der Waals surface area contributed by atoms with E-state index in [-0.39, 0.29) is 28.7 Å². The number of para-hydroxylation sites is 1. The summed E-state index contributed by atoms with van der Waals surface area (Å²) in [5.41, 5.74) is 3.81. The lowest BCUT2D eigenvalue weighted by Crippen LogP contribution is -2.20. The molecule has 0 bridgehead atoms. The number of amides is 1. The van der Waals surface area contributed by atoms with Gasteiger partial charge in [-0.25, -0.2) is 29.3 Å². The molecule has 1 aromatic carbocycles. The highest BCUT2D eigenvalue weighted by Crippen LogP contribution is 2.34. The van der Waals surface area contributed by atoms with Crippen LogP contribution in [0.15, 0.2) is 47.7 Å². The molecule has 38 heavy (non-hydrogen) atoms. The van der Waals surface area contributed by atoms with E-state index in [2.05, 4.69) is 24.9 Å². The van der Waals surface area contributed by atoms with Gasteiger partial charge in [0, 0.05) is 18.4 Å². The van der Waals surface area contributed by atoms with Crippen molar-refractivity contribution in [2.45, 2.75) is 25.1 Å². The van der Waals surface area contributed by atoms with Gasteiger partial charge in [-0.05, 0) is 31.0 Å². The molecule has 0 radical (unpaired) electrons. The van der Waals surface area contributed by atoms with Crippen molar-refractivity contribution in [3.63, 3.8) is 0 Å². The molecule has 1 unspecified atom stereocenters. The lowest BCUT2D eigenvalue weighted by Gasteiger charge is -2.23. The zero-order valence-corrected chi connectivity index (χ0v) is 19.6. The molecule has 4 aromatic heterocycles. The van der Waals surface area contributed by atoms with Crippen LogP contribution in [-0.2, 0) is 10.9 Å². The number of primary amides is 1. The predicted octanol–water partition coefficient (Wildman–Crippen LogP) is 2.99. The van der Waals surface area contributed by atoms with E-state index < -0.39 is 29.0 Å². The Hall–Kier alpha value is -4.59. The van der Waals surface area contributed by atoms with Crippen LogP contribution in [0.1, 0.15) is 34.9 Å². The van der Waals surface area contributed by atoms with Gasteiger partial charge in [-0.15, -0.1) is 0 Å². The van der Waals surface area contributed by atoms with E-state index in [1.165, 1.54) is 18.3 Å². The first-order chi connectivity index (χ1) is 18.2. The summed E-state index contributed by atoms with van der Waals surface area (Å²) in [6.07, 6.45) is 0.124. The number of hydrogen-bond acceptors (Lipinski definition) is 7. The van der Waals surface area contributed by atoms with Crippen molar-refractivity contribution in [1.82, 2.24) is 34.1 Å². The summed E-state index contributed by atoms with van der Waals surface area (Å²) in [4.78, 5) is 44.9. The van der Waals surface area contributed by atoms with Crippen LogP contribution in [0.2, 0.25) is 0 Å². The van der Waals surface area contributed by atoms with Crippen molar-refractivity contribution in [3.8, 4) is 17.1 Å². The summed E-state index contributed by atoms with van der Waals surface area (Å²) < 4.78 is 49.6. The number of carbonyl (C=O) groups is 1. The number of halogens is 3. The molecule has 5 aromatic rings. The fourth-order valence-corrected chi connectivity index (χ4v) is 4.69. The number of nitrogens with one attached hydrogen (secondary N) is 1. The minimum absolute atomic E-state index is 0.0455. The molecule has 194 valence electrons. The summed E-state index contributed by atoms with van der Waals surface area (Å²) in [6, 6.07) is 6.33. The van der Waals surface area contributed by atoms with Crippen LogP contribution >= 0.6 is 0 Å². The van der Waals surface area contributed by atoms with Crippen molar-refractivity contribution in [1.29, 1.82) is 0 Å². The molecule has 3 N–H and O–H groups in total. The standard InChI is InChI=1S/C24H19F3N8O3/c25-24(26,27)14-5-1-2-6-15(14)35-22-18(32-23(35)37)17(19(28)36)31-20(33-22)12-8-16-21(29-9-12)30-11-34(16)13-4-3-7-38-10-13/h1-2,5-6,8-9,11,13H,3-4,7,10H2,(H2,28,36)(H,32,37). The molecule has 14 heteroatoms. The van der Waals surface area contributed by atoms with E-state index in [4.69, 9.17) is 10.5 Å². The first kappa shape index (κ1) is 23.8. The van der Waals surface area contributed by atoms with Crippen LogP contribution in [0.5, 0.6) is 0 Å². The Labute approximate surface area is 211 Å². The zero-order valence-electron chi connectivity index (χ0n) is 19.6. The molecule has 1 atom stereocenters. The monoisotopic (exact) mass is 524 g/mol. The maximum atomic E-state index is 13.8. The normalized spacial score (nSPS) is 16.3. The molecule has 1 fully saturated rings. The fraction of sp³-hybridized carbons (Fsp3) is 0.250. The van der Waals surface area contributed by atoms with E-state index in [0.29, 0.717) is 29.9 Å². The van der Waals surface area contributed by atoms with Gasteiger partial charge < -0.3 is 20.0 Å². The molecular weight excluding hydrogens is 505 g/mol. The number of ether oxygens (including phenoxy) is 1. The summed E-state index contributed by atoms with van der Waals surface area (Å²) in [7, 11) is 0. The quantitative estimate of drug-likeness (QED) is 0.367. The molecule has 0 spiro atoms. The molecule has 1 saturated heterocycles. The van der Waals surface area contributed by atoms with Gasteiger partial charge in [0.05, 0.1) is 35.7 Å². The van der Waals surface area contributed by atoms with Crippen LogP contribution in [0.3, 0.4) is 0 Å². The number of aromatic nitrogens is 7. The van der Waals surface area contributed by atoms with E-state index in [0.717, 1.165) is 29.5 Å². The van der Waals surface area contributed by atoms with E-state index in [1.54, 1.807) is 12.4 Å². The van der Waals surface area contributed by atoms with Crippen LogP contribution in [0.4, 0.5) is 13.2 Å². The summed E-state index contributed by atoms with van der Waals surface area (Å²) >= 11 is 0. The smallest absolute Gasteiger partial charge is 0.379 e. The van der Waals surface area contributed by atoms with Crippen molar-refractivity contribution in [2.75, 3.05) is 13.2 Å². The average molecular weight is 524 g/mol. The Morgan fingerprint density at radius 3 is 2.74 bits per heavy atom. The second-order valence-corrected chi connectivity index (χ2v) is 8.83. The van der Waals surface area contributed by atoms with Crippen molar-refractivity contribution in [2.24, 2.45) is 5.73 Å². The highest BCUT2D eigenvalue weighted by atomic mass is 19.4. The Kier molecular flexibility index (Phi) is 5.48. The lowest BCUT2D eigenvalue weighted by molar-refractivity contribution is -0.137. The zero-order chi connectivity index (χ0) is 26.6. The first-order valence-corrected chi connectivity index (χ1v) is 11.6. The number of rotatable bonds is 4. The molecule has 5 heterocycles. The Balaban J connectivity index is 1.58. The number of pyridine rings is 1. The molecular formula is C24H19F3N8O3. The summed E-state index contributed by atoms with van der Waals surface area (Å²) in [6.45, 7) is 1.20. The number of alkyl halides is 3. The van der Waals surface area contributed by atoms with Crippen LogP contribution in [0, 0.1) is 0 Å². The summed E-state index contributed by atoms with van der Waals surface area (Å²) in [5.74, 6) is -1.04. The minimum Gasteiger partial charge on any atom is -0.379 e. The fourth-order valence-electron chi connectivity index (χ4n) is 4.69. The van der Waals surface area contributed by atoms with Crippen molar-refractivity contribution < 1.29 is 22.7 Å². The maximum Gasteiger partial charge on any atom is 0.418 e. The number of H-pyrrole nitrogens is 1. The van der Waals surface area contributed by atoms with Crippen molar-refractivity contribution >= 4 is 28.2 Å². The molecule has 0 aliphatic carbocycles. The third-order valence-corrected chi connectivity index (χ3v) is 6.44. The largest absolute Gasteiger partial charge is 0.418 e. The molecule has 1 aliphatic rings. The third-order valence-electron chi connectivity index (χ3n) is 6.44. The number of nitrogens with two attached hydrogens (primary N) is 1. The van der Waals surface area contributed by atoms with Gasteiger partial charge in [0.15, 0.2) is 22.8 Å². The first-order valence-electron chi connectivity index (χ1n) is 11.6. The Morgan fingerprint density at radius 2 is 2.00 bits per heavy atom. The van der Waals surface area contributed by atoms with Crippen molar-refractivity contribution in [3.05, 3.63) is 64.6 Å². The number of nitrogens with zero attached hydrogens (tertiary/aromatic N) is 6. The lowest BCUT2D eigenvalue weighted by atomic mass is 10.1. The van der Waals surface area contributed by atoms with Gasteiger partial charge in [-0.2, -0.15) is 13.2 Å². The van der Waals surface area contributed by atoms with Gasteiger partial charge in [0.1, 0.15) is 5.52 Å². The molecule has 11 nitrogen and oxygen atoms in total. The number of benzene rings is 1. The minimum atomic E-state index is -4.75. The number of hydrogen-bond donors (Lipinski definition) is 2. The maximum absolute atomic E-state index is 13.8. The summed E-state index contributed by atoms with van der Waals surface area (Å²) in [5, 5.41) is 0. The van der Waals surface area contributed by atoms with Crippen LogP contribution in [0.25, 0.3) is 39.4 Å². The molecule has 1 amide bonds. The number of imidazole rings is 2. The number of carbonyl (C=O) groups excluding carboxylic acids is 1. The van der Waals surface area contributed by atoms with Gasteiger partial charge >= 0.3 is 11.9 Å². The van der Waals surface area contributed by atoms with Crippen LogP contribution in [-0.4, -0.2) is 53.2 Å². The second-order valence-electron chi connectivity index (χ2n) is 8.83. The topological polar surface area (TPSA) is 147 Å². The van der Waals surface area contributed by atoms with Gasteiger partial charge in [0.25, 0.3) is 5.91 Å². The SMILES string of the molecule is NC(=O)c1nc(-c2cnc3ncn(C4CCCOC4)c3c2)nc2c1[nH]c(=O)n2-c1ccccc1C(F)(F)F. The highest BCUT2D eigenvalue weighted by molar-refractivity contribution is 6.02. The van der Waals surface area contributed by atoms with Gasteiger partial charge in [0.2, 0.25) is 0 Å². The number of fused-ring (bicyclic) bond motifs is 2. The van der Waals surface area contributed by atoms with E-state index in [9.17, 15) is 22.8 Å². The Bertz CT molecular complexity index is 1770. The Morgan fingerprint density at radius 1 is 1.18 bits per heavy atom. The predicted molar refractivity (Wildman–Crippen MR) is 129 cm³/mol. The van der Waals surface area contributed by atoms with E-state index >= 15 is 0 Å². The van der Waals surface area contributed by atoms with Gasteiger partial charge in [-0.3, -0.25) is 4.79 Å². The number of aromatic amines is 1. The second kappa shape index (κ2) is 8.76. The molecule has 1 aliphatic heterocycles. The average Bonchev–Trinajstić information content (AvgIpc) is 3.47. The van der Waals surface area contributed by atoms with Crippen LogP contribution < -0.4 is 11.4 Å².